The zero-order valence-corrected chi connectivity index (χ0v) is 15.7. The molecule has 0 fully saturated rings. The van der Waals surface area contributed by atoms with Gasteiger partial charge in [-0.3, -0.25) is 9.59 Å². The first-order valence-electron chi connectivity index (χ1n) is 8.15. The molecular weight excluding hydrogens is 394 g/mol. The lowest BCUT2D eigenvalue weighted by Crippen LogP contribution is -2.43. The number of rotatable bonds is 9. The van der Waals surface area contributed by atoms with Crippen molar-refractivity contribution in [3.05, 3.63) is 54.0 Å². The summed E-state index contributed by atoms with van der Waals surface area (Å²) in [7, 11) is 0. The van der Waals surface area contributed by atoms with E-state index in [2.05, 4.69) is 10.6 Å². The molecule has 7 nitrogen and oxygen atoms in total. The van der Waals surface area contributed by atoms with Crippen molar-refractivity contribution in [2.75, 3.05) is 23.9 Å². The number of furan rings is 1. The van der Waals surface area contributed by atoms with Crippen molar-refractivity contribution in [2.45, 2.75) is 12.5 Å². The largest absolute Gasteiger partial charge is 0.459 e. The van der Waals surface area contributed by atoms with Gasteiger partial charge in [-0.15, -0.1) is 0 Å². The summed E-state index contributed by atoms with van der Waals surface area (Å²) in [5.74, 6) is -3.25. The molecule has 2 N–H and O–H groups in total. The fraction of sp³-hybridized carbons (Fsp3) is 0.278. The van der Waals surface area contributed by atoms with E-state index in [0.29, 0.717) is 5.75 Å². The standard InChI is InChI=1S/C18H18F2N2O5S/c1-28-8-6-13(22-17(24)15-3-2-7-26-15)18(25)27-10-16(23)21-14-9-11(19)4-5-12(14)20/h2-5,7,9,13H,6,8,10H2,1H3,(H,21,23)(H,22,24). The first-order valence-corrected chi connectivity index (χ1v) is 9.55. The number of benzene rings is 1. The van der Waals surface area contributed by atoms with Crippen molar-refractivity contribution >= 4 is 35.2 Å². The number of thioether (sulfide) groups is 1. The molecule has 2 amide bonds. The van der Waals surface area contributed by atoms with Crippen LogP contribution < -0.4 is 10.6 Å². The van der Waals surface area contributed by atoms with Crippen LogP contribution in [0.25, 0.3) is 0 Å². The topological polar surface area (TPSA) is 97.6 Å². The SMILES string of the molecule is CSCCC(NC(=O)c1ccco1)C(=O)OCC(=O)Nc1cc(F)ccc1F. The summed E-state index contributed by atoms with van der Waals surface area (Å²) in [5, 5.41) is 4.60. The minimum absolute atomic E-state index is 0.0290. The second-order valence-corrected chi connectivity index (χ2v) is 6.55. The minimum atomic E-state index is -0.997. The Labute approximate surface area is 163 Å². The van der Waals surface area contributed by atoms with Gasteiger partial charge in [-0.25, -0.2) is 13.6 Å². The zero-order chi connectivity index (χ0) is 20.5. The quantitative estimate of drug-likeness (QED) is 0.615. The van der Waals surface area contributed by atoms with E-state index in [-0.39, 0.29) is 17.9 Å². The Morgan fingerprint density at radius 1 is 1.25 bits per heavy atom. The Morgan fingerprint density at radius 2 is 2.04 bits per heavy atom. The van der Waals surface area contributed by atoms with Crippen LogP contribution in [0.1, 0.15) is 17.0 Å². The highest BCUT2D eigenvalue weighted by atomic mass is 32.2. The molecule has 1 unspecified atom stereocenters. The third-order valence-electron chi connectivity index (χ3n) is 3.49. The number of anilines is 1. The van der Waals surface area contributed by atoms with E-state index in [4.69, 9.17) is 9.15 Å². The normalized spacial score (nSPS) is 11.5. The maximum absolute atomic E-state index is 13.5. The Balaban J connectivity index is 1.91. The van der Waals surface area contributed by atoms with Crippen molar-refractivity contribution < 1.29 is 32.3 Å². The highest BCUT2D eigenvalue weighted by molar-refractivity contribution is 7.98. The number of nitrogens with one attached hydrogen (secondary N) is 2. The lowest BCUT2D eigenvalue weighted by atomic mass is 10.2. The Hall–Kier alpha value is -2.88. The van der Waals surface area contributed by atoms with Crippen molar-refractivity contribution in [1.29, 1.82) is 0 Å². The summed E-state index contributed by atoms with van der Waals surface area (Å²) >= 11 is 1.46. The Morgan fingerprint density at radius 3 is 2.71 bits per heavy atom. The van der Waals surface area contributed by atoms with Crippen molar-refractivity contribution in [3.8, 4) is 0 Å². The van der Waals surface area contributed by atoms with Crippen LogP contribution in [0.2, 0.25) is 0 Å². The van der Waals surface area contributed by atoms with Gasteiger partial charge in [-0.2, -0.15) is 11.8 Å². The van der Waals surface area contributed by atoms with E-state index in [9.17, 15) is 23.2 Å². The maximum Gasteiger partial charge on any atom is 0.329 e. The van der Waals surface area contributed by atoms with E-state index in [1.54, 1.807) is 0 Å². The molecule has 2 rings (SSSR count). The molecule has 0 saturated heterocycles. The highest BCUT2D eigenvalue weighted by Crippen LogP contribution is 2.15. The van der Waals surface area contributed by atoms with Gasteiger partial charge in [0.25, 0.3) is 11.8 Å². The molecular formula is C18H18F2N2O5S. The van der Waals surface area contributed by atoms with Crippen molar-refractivity contribution in [1.82, 2.24) is 5.32 Å². The van der Waals surface area contributed by atoms with Crippen LogP contribution in [0.5, 0.6) is 0 Å². The summed E-state index contributed by atoms with van der Waals surface area (Å²) < 4.78 is 36.5. The summed E-state index contributed by atoms with van der Waals surface area (Å²) in [6, 6.07) is 4.54. The van der Waals surface area contributed by atoms with Gasteiger partial charge in [0, 0.05) is 6.07 Å². The second-order valence-electron chi connectivity index (χ2n) is 5.56. The number of hydrogen-bond donors (Lipinski definition) is 2. The average molecular weight is 412 g/mol. The van der Waals surface area contributed by atoms with Gasteiger partial charge in [-0.1, -0.05) is 0 Å². The molecule has 1 aromatic heterocycles. The first-order chi connectivity index (χ1) is 13.4. The molecule has 0 saturated carbocycles. The second kappa shape index (κ2) is 10.5. The maximum atomic E-state index is 13.5. The van der Waals surface area contributed by atoms with Gasteiger partial charge < -0.3 is 19.8 Å². The van der Waals surface area contributed by atoms with Gasteiger partial charge in [-0.05, 0) is 42.7 Å². The third-order valence-corrected chi connectivity index (χ3v) is 4.14. The number of esters is 1. The van der Waals surface area contributed by atoms with E-state index in [1.807, 2.05) is 6.26 Å². The van der Waals surface area contributed by atoms with E-state index < -0.39 is 42.1 Å². The Kier molecular flexibility index (Phi) is 8.00. The van der Waals surface area contributed by atoms with Crippen LogP contribution in [0.4, 0.5) is 14.5 Å². The molecule has 0 aliphatic heterocycles. The predicted octanol–water partition coefficient (Wildman–Crippen LogP) is 2.59. The lowest BCUT2D eigenvalue weighted by molar-refractivity contribution is -0.149. The van der Waals surface area contributed by atoms with E-state index in [0.717, 1.165) is 18.2 Å². The lowest BCUT2D eigenvalue weighted by Gasteiger charge is -2.16. The highest BCUT2D eigenvalue weighted by Gasteiger charge is 2.24. The zero-order valence-electron chi connectivity index (χ0n) is 14.9. The molecule has 1 atom stereocenters. The number of ether oxygens (including phenoxy) is 1. The van der Waals surface area contributed by atoms with E-state index >= 15 is 0 Å². The average Bonchev–Trinajstić information content (AvgIpc) is 3.21. The summed E-state index contributed by atoms with van der Waals surface area (Å²) in [6.45, 7) is -0.721. The van der Waals surface area contributed by atoms with Crippen LogP contribution >= 0.6 is 11.8 Å². The fourth-order valence-corrected chi connectivity index (χ4v) is 2.61. The van der Waals surface area contributed by atoms with Crippen LogP contribution in [-0.2, 0) is 14.3 Å². The van der Waals surface area contributed by atoms with Crippen molar-refractivity contribution in [2.24, 2.45) is 0 Å². The molecule has 150 valence electrons. The summed E-state index contributed by atoms with van der Waals surface area (Å²) in [4.78, 5) is 36.1. The number of hydrogen-bond acceptors (Lipinski definition) is 6. The van der Waals surface area contributed by atoms with Gasteiger partial charge in [0.1, 0.15) is 17.7 Å². The van der Waals surface area contributed by atoms with Crippen LogP contribution in [-0.4, -0.2) is 42.4 Å². The number of carbonyl (C=O) groups is 3. The molecule has 10 heteroatoms. The molecule has 0 spiro atoms. The van der Waals surface area contributed by atoms with Crippen molar-refractivity contribution in [3.63, 3.8) is 0 Å². The van der Waals surface area contributed by atoms with Crippen LogP contribution in [0.15, 0.2) is 41.0 Å². The first kappa shape index (κ1) is 21.4. The molecule has 1 heterocycles. The molecule has 0 aliphatic rings. The molecule has 28 heavy (non-hydrogen) atoms. The van der Waals surface area contributed by atoms with E-state index in [1.165, 1.54) is 30.2 Å². The van der Waals surface area contributed by atoms with Crippen LogP contribution in [0.3, 0.4) is 0 Å². The number of carbonyl (C=O) groups excluding carboxylic acids is 3. The van der Waals surface area contributed by atoms with Gasteiger partial charge >= 0.3 is 5.97 Å². The monoisotopic (exact) mass is 412 g/mol. The fourth-order valence-electron chi connectivity index (χ4n) is 2.14. The number of halogens is 2. The summed E-state index contributed by atoms with van der Waals surface area (Å²) in [6.07, 6.45) is 3.42. The molecule has 2 aromatic rings. The smallest absolute Gasteiger partial charge is 0.329 e. The molecule has 1 aromatic carbocycles. The van der Waals surface area contributed by atoms with Crippen LogP contribution in [0, 0.1) is 11.6 Å². The van der Waals surface area contributed by atoms with Gasteiger partial charge in [0.05, 0.1) is 12.0 Å². The van der Waals surface area contributed by atoms with Gasteiger partial charge in [0.2, 0.25) is 0 Å². The number of amides is 2. The minimum Gasteiger partial charge on any atom is -0.459 e. The molecule has 0 aliphatic carbocycles. The predicted molar refractivity (Wildman–Crippen MR) is 98.9 cm³/mol. The van der Waals surface area contributed by atoms with Gasteiger partial charge in [0.15, 0.2) is 12.4 Å². The third kappa shape index (κ3) is 6.38. The Bertz CT molecular complexity index is 829. The molecule has 0 radical (unpaired) electrons. The summed E-state index contributed by atoms with van der Waals surface area (Å²) in [5.41, 5.74) is -0.369. The molecule has 0 bridgehead atoms.